The Bertz CT molecular complexity index is 468. The molecule has 19 heavy (non-hydrogen) atoms. The van der Waals surface area contributed by atoms with Gasteiger partial charge in [0, 0.05) is 23.9 Å². The van der Waals surface area contributed by atoms with Gasteiger partial charge in [-0.05, 0) is 26.7 Å². The summed E-state index contributed by atoms with van der Waals surface area (Å²) in [5.41, 5.74) is 2.79. The van der Waals surface area contributed by atoms with Crippen LogP contribution in [0.4, 0.5) is 0 Å². The minimum atomic E-state index is -0.298. The van der Waals surface area contributed by atoms with Gasteiger partial charge in [-0.25, -0.2) is 0 Å². The zero-order chi connectivity index (χ0) is 13.8. The summed E-state index contributed by atoms with van der Waals surface area (Å²) >= 11 is 0. The second kappa shape index (κ2) is 6.02. The van der Waals surface area contributed by atoms with Gasteiger partial charge < -0.3 is 14.8 Å². The summed E-state index contributed by atoms with van der Waals surface area (Å²) in [5, 5.41) is 2.87. The van der Waals surface area contributed by atoms with E-state index in [9.17, 15) is 4.79 Å². The number of carbonyl (C=O) groups excluding carboxylic acids is 1. The van der Waals surface area contributed by atoms with Crippen LogP contribution in [-0.2, 0) is 16.1 Å². The van der Waals surface area contributed by atoms with Gasteiger partial charge in [0.1, 0.15) is 11.9 Å². The van der Waals surface area contributed by atoms with Gasteiger partial charge in [-0.15, -0.1) is 0 Å². The lowest BCUT2D eigenvalue weighted by Gasteiger charge is -2.14. The van der Waals surface area contributed by atoms with Crippen LogP contribution in [0.25, 0.3) is 0 Å². The number of ether oxygens (including phenoxy) is 2. The van der Waals surface area contributed by atoms with Crippen LogP contribution in [0.3, 0.4) is 0 Å². The molecule has 2 rings (SSSR count). The molecular weight excluding hydrogens is 244 g/mol. The molecular formula is C14H20N2O3. The van der Waals surface area contributed by atoms with E-state index in [0.29, 0.717) is 13.2 Å². The molecule has 1 aliphatic heterocycles. The third kappa shape index (κ3) is 3.04. The lowest BCUT2D eigenvalue weighted by atomic mass is 10.1. The van der Waals surface area contributed by atoms with Crippen LogP contribution in [0.15, 0.2) is 6.20 Å². The Morgan fingerprint density at radius 3 is 3.00 bits per heavy atom. The minimum Gasteiger partial charge on any atom is -0.496 e. The number of nitrogens with zero attached hydrogens (tertiary/aromatic N) is 1. The largest absolute Gasteiger partial charge is 0.496 e. The molecule has 0 radical (unpaired) electrons. The van der Waals surface area contributed by atoms with E-state index in [0.717, 1.165) is 35.4 Å². The maximum atomic E-state index is 11.9. The lowest BCUT2D eigenvalue weighted by Crippen LogP contribution is -2.34. The summed E-state index contributed by atoms with van der Waals surface area (Å²) in [5.74, 6) is 0.773. The number of amides is 1. The van der Waals surface area contributed by atoms with Gasteiger partial charge in [0.15, 0.2) is 0 Å². The van der Waals surface area contributed by atoms with E-state index in [1.807, 2.05) is 13.8 Å². The van der Waals surface area contributed by atoms with Crippen molar-refractivity contribution in [1.29, 1.82) is 0 Å². The quantitative estimate of drug-likeness (QED) is 0.895. The first-order chi connectivity index (χ1) is 9.13. The fourth-order valence-corrected chi connectivity index (χ4v) is 2.32. The molecule has 1 atom stereocenters. The molecule has 1 aromatic rings. The van der Waals surface area contributed by atoms with E-state index in [-0.39, 0.29) is 12.0 Å². The number of hydrogen-bond acceptors (Lipinski definition) is 4. The van der Waals surface area contributed by atoms with Crippen LogP contribution in [0.1, 0.15) is 29.7 Å². The van der Waals surface area contributed by atoms with Crippen LogP contribution in [0, 0.1) is 13.8 Å². The van der Waals surface area contributed by atoms with Crippen LogP contribution in [0.2, 0.25) is 0 Å². The number of hydrogen-bond donors (Lipinski definition) is 1. The number of methoxy groups -OCH3 is 1. The van der Waals surface area contributed by atoms with Crippen LogP contribution in [-0.4, -0.2) is 30.7 Å². The van der Waals surface area contributed by atoms with Crippen molar-refractivity contribution in [2.75, 3.05) is 13.7 Å². The van der Waals surface area contributed by atoms with E-state index in [1.54, 1.807) is 13.3 Å². The smallest absolute Gasteiger partial charge is 0.249 e. The van der Waals surface area contributed by atoms with Crippen molar-refractivity contribution in [2.45, 2.75) is 39.3 Å². The molecule has 1 amide bonds. The second-order valence-electron chi connectivity index (χ2n) is 4.77. The molecule has 5 heteroatoms. The van der Waals surface area contributed by atoms with E-state index >= 15 is 0 Å². The topological polar surface area (TPSA) is 60.5 Å². The van der Waals surface area contributed by atoms with Crippen molar-refractivity contribution in [1.82, 2.24) is 10.3 Å². The predicted molar refractivity (Wildman–Crippen MR) is 71.1 cm³/mol. The average molecular weight is 264 g/mol. The Morgan fingerprint density at radius 2 is 2.37 bits per heavy atom. The highest BCUT2D eigenvalue weighted by molar-refractivity contribution is 5.80. The molecule has 1 aliphatic rings. The lowest BCUT2D eigenvalue weighted by molar-refractivity contribution is -0.130. The third-order valence-corrected chi connectivity index (χ3v) is 3.40. The van der Waals surface area contributed by atoms with Gasteiger partial charge in [0.05, 0.1) is 19.3 Å². The molecule has 1 saturated heterocycles. The number of aryl methyl sites for hydroxylation is 1. The molecule has 2 heterocycles. The van der Waals surface area contributed by atoms with Gasteiger partial charge in [-0.1, -0.05) is 0 Å². The van der Waals surface area contributed by atoms with Gasteiger partial charge in [-0.2, -0.15) is 0 Å². The molecule has 5 nitrogen and oxygen atoms in total. The first kappa shape index (κ1) is 13.8. The summed E-state index contributed by atoms with van der Waals surface area (Å²) in [6.45, 7) is 4.98. The molecule has 1 N–H and O–H groups in total. The summed E-state index contributed by atoms with van der Waals surface area (Å²) in [7, 11) is 1.64. The van der Waals surface area contributed by atoms with E-state index in [2.05, 4.69) is 10.3 Å². The van der Waals surface area contributed by atoms with Crippen molar-refractivity contribution < 1.29 is 14.3 Å². The summed E-state index contributed by atoms with van der Waals surface area (Å²) < 4.78 is 10.7. The highest BCUT2D eigenvalue weighted by atomic mass is 16.5. The molecule has 0 bridgehead atoms. The second-order valence-corrected chi connectivity index (χ2v) is 4.77. The van der Waals surface area contributed by atoms with Crippen molar-refractivity contribution in [3.63, 3.8) is 0 Å². The van der Waals surface area contributed by atoms with Crippen molar-refractivity contribution >= 4 is 5.91 Å². The Morgan fingerprint density at radius 1 is 1.58 bits per heavy atom. The van der Waals surface area contributed by atoms with E-state index in [1.165, 1.54) is 0 Å². The Kier molecular flexibility index (Phi) is 4.37. The highest BCUT2D eigenvalue weighted by Gasteiger charge is 2.23. The molecule has 1 aromatic heterocycles. The minimum absolute atomic E-state index is 0.0572. The summed E-state index contributed by atoms with van der Waals surface area (Å²) in [4.78, 5) is 16.2. The van der Waals surface area contributed by atoms with Crippen LogP contribution >= 0.6 is 0 Å². The van der Waals surface area contributed by atoms with Gasteiger partial charge in [-0.3, -0.25) is 9.78 Å². The molecule has 1 fully saturated rings. The Balaban J connectivity index is 2.01. The van der Waals surface area contributed by atoms with Crippen molar-refractivity contribution in [3.8, 4) is 5.75 Å². The maximum Gasteiger partial charge on any atom is 0.249 e. The standard InChI is InChI=1S/C14H20N2O3/c1-9-7-15-11(10(2)13(9)18-3)8-16-14(17)12-5-4-6-19-12/h7,12H,4-6,8H2,1-3H3,(H,16,17). The Hall–Kier alpha value is -1.62. The maximum absolute atomic E-state index is 11.9. The number of nitrogens with one attached hydrogen (secondary N) is 1. The van der Waals surface area contributed by atoms with Gasteiger partial charge in [0.25, 0.3) is 0 Å². The fraction of sp³-hybridized carbons (Fsp3) is 0.571. The number of carbonyl (C=O) groups is 1. The van der Waals surface area contributed by atoms with Crippen molar-refractivity contribution in [3.05, 3.63) is 23.0 Å². The highest BCUT2D eigenvalue weighted by Crippen LogP contribution is 2.23. The number of pyridine rings is 1. The summed E-state index contributed by atoms with van der Waals surface area (Å²) in [6.07, 6.45) is 3.22. The number of aromatic nitrogens is 1. The van der Waals surface area contributed by atoms with Gasteiger partial charge in [0.2, 0.25) is 5.91 Å². The first-order valence-corrected chi connectivity index (χ1v) is 6.52. The molecule has 0 aliphatic carbocycles. The zero-order valence-electron chi connectivity index (χ0n) is 11.7. The molecule has 104 valence electrons. The predicted octanol–water partition coefficient (Wildman–Crippen LogP) is 1.50. The average Bonchev–Trinajstić information content (AvgIpc) is 2.92. The third-order valence-electron chi connectivity index (χ3n) is 3.40. The monoisotopic (exact) mass is 264 g/mol. The van der Waals surface area contributed by atoms with Crippen LogP contribution in [0.5, 0.6) is 5.75 Å². The van der Waals surface area contributed by atoms with Crippen molar-refractivity contribution in [2.24, 2.45) is 0 Å². The fourth-order valence-electron chi connectivity index (χ4n) is 2.32. The zero-order valence-corrected chi connectivity index (χ0v) is 11.7. The van der Waals surface area contributed by atoms with Crippen LogP contribution < -0.4 is 10.1 Å². The molecule has 0 aromatic carbocycles. The van der Waals surface area contributed by atoms with E-state index in [4.69, 9.17) is 9.47 Å². The number of rotatable bonds is 4. The molecule has 1 unspecified atom stereocenters. The SMILES string of the molecule is COc1c(C)cnc(CNC(=O)C2CCCO2)c1C. The molecule has 0 saturated carbocycles. The normalized spacial score (nSPS) is 18.4. The first-order valence-electron chi connectivity index (χ1n) is 6.52. The summed E-state index contributed by atoms with van der Waals surface area (Å²) in [6, 6.07) is 0. The Labute approximate surface area is 113 Å². The van der Waals surface area contributed by atoms with Gasteiger partial charge >= 0.3 is 0 Å². The van der Waals surface area contributed by atoms with E-state index < -0.39 is 0 Å². The molecule has 0 spiro atoms.